The fourth-order valence-corrected chi connectivity index (χ4v) is 3.94. The number of aromatic nitrogens is 2. The van der Waals surface area contributed by atoms with Crippen LogP contribution in [-0.2, 0) is 0 Å². The van der Waals surface area contributed by atoms with Gasteiger partial charge < -0.3 is 10.2 Å². The quantitative estimate of drug-likeness (QED) is 0.910. The molecular formula is C14H16N4OS. The van der Waals surface area contributed by atoms with E-state index in [2.05, 4.69) is 20.2 Å². The number of amides is 1. The maximum Gasteiger partial charge on any atom is 0.270 e. The number of carbonyl (C=O) groups excluding carboxylic acids is 1. The molecule has 2 aliphatic rings. The van der Waals surface area contributed by atoms with Gasteiger partial charge in [0.25, 0.3) is 5.91 Å². The average molecular weight is 288 g/mol. The predicted octanol–water partition coefficient (Wildman–Crippen LogP) is 1.52. The molecule has 2 aromatic heterocycles. The Bertz CT molecular complexity index is 643. The summed E-state index contributed by atoms with van der Waals surface area (Å²) in [4.78, 5) is 23.2. The van der Waals surface area contributed by atoms with Crippen LogP contribution in [0, 0.1) is 5.92 Å². The number of pyridine rings is 1. The summed E-state index contributed by atoms with van der Waals surface area (Å²) in [5.41, 5.74) is 3.10. The highest BCUT2D eigenvalue weighted by molar-refractivity contribution is 7.16. The van der Waals surface area contributed by atoms with E-state index in [1.165, 1.54) is 19.5 Å². The van der Waals surface area contributed by atoms with Crippen molar-refractivity contribution in [3.63, 3.8) is 0 Å². The molecule has 2 bridgehead atoms. The van der Waals surface area contributed by atoms with Crippen molar-refractivity contribution < 1.29 is 4.79 Å². The molecule has 1 amide bonds. The number of piperidine rings is 1. The SMILES string of the molecule is O=C(N[C@@H]1C[C@@H]2CCN(C2)C1)c1cc2ncsc2cn1. The zero-order chi connectivity index (χ0) is 13.5. The van der Waals surface area contributed by atoms with Crippen molar-refractivity contribution in [1.29, 1.82) is 0 Å². The number of nitrogens with zero attached hydrogens (tertiary/aromatic N) is 3. The molecule has 0 aliphatic carbocycles. The van der Waals surface area contributed by atoms with Crippen molar-refractivity contribution in [3.8, 4) is 0 Å². The third-order valence-corrected chi connectivity index (χ3v) is 5.03. The number of thiazole rings is 1. The number of hydrogen-bond donors (Lipinski definition) is 1. The first-order chi connectivity index (χ1) is 9.78. The summed E-state index contributed by atoms with van der Waals surface area (Å²) in [6.07, 6.45) is 4.10. The fraction of sp³-hybridized carbons (Fsp3) is 0.500. The Morgan fingerprint density at radius 3 is 3.25 bits per heavy atom. The highest BCUT2D eigenvalue weighted by atomic mass is 32.1. The highest BCUT2D eigenvalue weighted by Crippen LogP contribution is 2.26. The molecule has 0 aromatic carbocycles. The van der Waals surface area contributed by atoms with E-state index in [0.717, 1.165) is 29.1 Å². The summed E-state index contributed by atoms with van der Waals surface area (Å²) in [5, 5.41) is 3.13. The van der Waals surface area contributed by atoms with Crippen LogP contribution in [0.3, 0.4) is 0 Å². The molecule has 0 saturated carbocycles. The second-order valence-electron chi connectivity index (χ2n) is 5.71. The van der Waals surface area contributed by atoms with Crippen molar-refractivity contribution in [2.24, 2.45) is 5.92 Å². The Balaban J connectivity index is 1.49. The largest absolute Gasteiger partial charge is 0.347 e. The van der Waals surface area contributed by atoms with Crippen LogP contribution in [0.25, 0.3) is 10.2 Å². The van der Waals surface area contributed by atoms with E-state index in [0.29, 0.717) is 5.69 Å². The summed E-state index contributed by atoms with van der Waals surface area (Å²) >= 11 is 1.54. The van der Waals surface area contributed by atoms with Gasteiger partial charge in [-0.25, -0.2) is 9.97 Å². The average Bonchev–Trinajstić information content (AvgIpc) is 3.04. The topological polar surface area (TPSA) is 58.1 Å². The minimum Gasteiger partial charge on any atom is -0.347 e. The van der Waals surface area contributed by atoms with Gasteiger partial charge in [0, 0.05) is 25.3 Å². The second kappa shape index (κ2) is 4.79. The molecule has 20 heavy (non-hydrogen) atoms. The van der Waals surface area contributed by atoms with E-state index < -0.39 is 0 Å². The maximum absolute atomic E-state index is 12.3. The Labute approximate surface area is 121 Å². The maximum atomic E-state index is 12.3. The zero-order valence-corrected chi connectivity index (χ0v) is 11.9. The first kappa shape index (κ1) is 12.2. The lowest BCUT2D eigenvalue weighted by atomic mass is 9.97. The molecule has 2 aromatic rings. The molecule has 4 rings (SSSR count). The zero-order valence-electron chi connectivity index (χ0n) is 11.1. The van der Waals surface area contributed by atoms with E-state index in [-0.39, 0.29) is 11.9 Å². The Hall–Kier alpha value is -1.53. The first-order valence-corrected chi connectivity index (χ1v) is 7.88. The van der Waals surface area contributed by atoms with Crippen molar-refractivity contribution in [1.82, 2.24) is 20.2 Å². The van der Waals surface area contributed by atoms with E-state index in [9.17, 15) is 4.79 Å². The van der Waals surface area contributed by atoms with Gasteiger partial charge in [-0.05, 0) is 31.4 Å². The van der Waals surface area contributed by atoms with E-state index in [1.807, 2.05) is 0 Å². The summed E-state index contributed by atoms with van der Waals surface area (Å²) in [6.45, 7) is 3.36. The van der Waals surface area contributed by atoms with Crippen LogP contribution in [0.1, 0.15) is 23.3 Å². The summed E-state index contributed by atoms with van der Waals surface area (Å²) in [7, 11) is 0. The van der Waals surface area contributed by atoms with Crippen LogP contribution in [0.15, 0.2) is 17.8 Å². The number of rotatable bonds is 2. The second-order valence-corrected chi connectivity index (χ2v) is 6.60. The Morgan fingerprint density at radius 2 is 2.35 bits per heavy atom. The van der Waals surface area contributed by atoms with Gasteiger partial charge in [0.15, 0.2) is 0 Å². The number of fused-ring (bicyclic) bond motifs is 3. The monoisotopic (exact) mass is 288 g/mol. The molecule has 2 saturated heterocycles. The molecular weight excluding hydrogens is 272 g/mol. The van der Waals surface area contributed by atoms with E-state index >= 15 is 0 Å². The number of hydrogen-bond acceptors (Lipinski definition) is 5. The van der Waals surface area contributed by atoms with Gasteiger partial charge in [0.1, 0.15) is 5.69 Å². The van der Waals surface area contributed by atoms with Crippen LogP contribution in [-0.4, -0.2) is 46.5 Å². The third-order valence-electron chi connectivity index (χ3n) is 4.25. The lowest BCUT2D eigenvalue weighted by Gasteiger charge is -2.30. The minimum absolute atomic E-state index is 0.0765. The number of carbonyl (C=O) groups is 1. The summed E-state index contributed by atoms with van der Waals surface area (Å²) < 4.78 is 1.02. The van der Waals surface area contributed by atoms with Gasteiger partial charge in [-0.3, -0.25) is 4.79 Å². The van der Waals surface area contributed by atoms with Crippen LogP contribution in [0.4, 0.5) is 0 Å². The molecule has 1 unspecified atom stereocenters. The van der Waals surface area contributed by atoms with Crippen LogP contribution >= 0.6 is 11.3 Å². The molecule has 104 valence electrons. The molecule has 1 N–H and O–H groups in total. The molecule has 2 aliphatic heterocycles. The van der Waals surface area contributed by atoms with Crippen LogP contribution in [0.2, 0.25) is 0 Å². The third kappa shape index (κ3) is 2.19. The van der Waals surface area contributed by atoms with E-state index in [4.69, 9.17) is 0 Å². The predicted molar refractivity (Wildman–Crippen MR) is 77.8 cm³/mol. The first-order valence-electron chi connectivity index (χ1n) is 7.00. The van der Waals surface area contributed by atoms with Gasteiger partial charge in [0.2, 0.25) is 0 Å². The van der Waals surface area contributed by atoms with Gasteiger partial charge in [0.05, 0.1) is 15.7 Å². The molecule has 0 radical (unpaired) electrons. The molecule has 2 fully saturated rings. The molecule has 4 heterocycles. The minimum atomic E-state index is -0.0765. The number of nitrogens with one attached hydrogen (secondary N) is 1. The lowest BCUT2D eigenvalue weighted by molar-refractivity contribution is 0.0904. The van der Waals surface area contributed by atoms with Crippen molar-refractivity contribution in [2.75, 3.05) is 19.6 Å². The standard InChI is InChI=1S/C14H16N4OS/c19-14(12-4-11-13(5-15-12)20-8-16-11)17-10-3-9-1-2-18(6-9)7-10/h4-5,8-10H,1-3,6-7H2,(H,17,19)/t9-,10+/m0/s1. The lowest BCUT2D eigenvalue weighted by Crippen LogP contribution is -2.47. The van der Waals surface area contributed by atoms with Gasteiger partial charge in [-0.15, -0.1) is 11.3 Å². The smallest absolute Gasteiger partial charge is 0.270 e. The molecule has 5 nitrogen and oxygen atoms in total. The van der Waals surface area contributed by atoms with Crippen molar-refractivity contribution >= 4 is 27.5 Å². The Kier molecular flexibility index (Phi) is 2.93. The summed E-state index contributed by atoms with van der Waals surface area (Å²) in [6, 6.07) is 2.04. The Morgan fingerprint density at radius 1 is 1.40 bits per heavy atom. The van der Waals surface area contributed by atoms with Crippen molar-refractivity contribution in [2.45, 2.75) is 18.9 Å². The summed E-state index contributed by atoms with van der Waals surface area (Å²) in [5.74, 6) is 0.676. The van der Waals surface area contributed by atoms with Gasteiger partial charge in [-0.2, -0.15) is 0 Å². The molecule has 6 heteroatoms. The van der Waals surface area contributed by atoms with Crippen LogP contribution in [0.5, 0.6) is 0 Å². The normalized spacial score (nSPS) is 28.7. The highest BCUT2D eigenvalue weighted by Gasteiger charge is 2.33. The van der Waals surface area contributed by atoms with Gasteiger partial charge in [-0.1, -0.05) is 0 Å². The van der Waals surface area contributed by atoms with Crippen molar-refractivity contribution in [3.05, 3.63) is 23.5 Å². The van der Waals surface area contributed by atoms with Gasteiger partial charge >= 0.3 is 0 Å². The van der Waals surface area contributed by atoms with Crippen LogP contribution < -0.4 is 5.32 Å². The molecule has 3 atom stereocenters. The van der Waals surface area contributed by atoms with E-state index in [1.54, 1.807) is 29.1 Å². The fourth-order valence-electron chi connectivity index (χ4n) is 3.31. The molecule has 0 spiro atoms.